The van der Waals surface area contributed by atoms with Crippen molar-refractivity contribution >= 4 is 0 Å². The molecule has 1 aromatic heterocycles. The zero-order valence-corrected chi connectivity index (χ0v) is 9.39. The highest BCUT2D eigenvalue weighted by Crippen LogP contribution is 2.24. The van der Waals surface area contributed by atoms with Crippen molar-refractivity contribution in [3.63, 3.8) is 0 Å². The number of aryl methyl sites for hydroxylation is 1. The van der Waals surface area contributed by atoms with Crippen LogP contribution in [0.3, 0.4) is 0 Å². The van der Waals surface area contributed by atoms with Crippen LogP contribution in [0.5, 0.6) is 0 Å². The average Bonchev–Trinajstić information content (AvgIpc) is 2.53. The minimum atomic E-state index is 0.00674. The van der Waals surface area contributed by atoms with E-state index in [1.807, 2.05) is 19.1 Å². The summed E-state index contributed by atoms with van der Waals surface area (Å²) in [5.74, 6) is 1.97. The molecule has 0 aliphatic carbocycles. The highest BCUT2D eigenvalue weighted by molar-refractivity contribution is 5.15. The number of hydrogen-bond acceptors (Lipinski definition) is 3. The molecule has 0 amide bonds. The molecule has 0 aliphatic heterocycles. The van der Waals surface area contributed by atoms with Gasteiger partial charge in [0.1, 0.15) is 11.5 Å². The SMILES string of the molecule is COCNCC(C)(C)c1ccc(C)o1. The molecule has 80 valence electrons. The zero-order valence-electron chi connectivity index (χ0n) is 9.39. The summed E-state index contributed by atoms with van der Waals surface area (Å²) in [5.41, 5.74) is 0.00674. The van der Waals surface area contributed by atoms with Crippen molar-refractivity contribution in [3.8, 4) is 0 Å². The Bertz CT molecular complexity index is 279. The van der Waals surface area contributed by atoms with Gasteiger partial charge in [0.2, 0.25) is 0 Å². The molecule has 0 atom stereocenters. The summed E-state index contributed by atoms with van der Waals surface area (Å²) in [7, 11) is 1.68. The van der Waals surface area contributed by atoms with Crippen LogP contribution in [0.1, 0.15) is 25.4 Å². The third-order valence-corrected chi connectivity index (χ3v) is 2.22. The van der Waals surface area contributed by atoms with E-state index in [0.717, 1.165) is 18.1 Å². The van der Waals surface area contributed by atoms with Gasteiger partial charge in [-0.25, -0.2) is 0 Å². The molecule has 0 radical (unpaired) electrons. The van der Waals surface area contributed by atoms with Gasteiger partial charge in [-0.2, -0.15) is 0 Å². The Morgan fingerprint density at radius 1 is 1.43 bits per heavy atom. The highest BCUT2D eigenvalue weighted by Gasteiger charge is 2.23. The quantitative estimate of drug-likeness (QED) is 0.579. The van der Waals surface area contributed by atoms with Crippen molar-refractivity contribution in [2.24, 2.45) is 0 Å². The molecule has 0 unspecified atom stereocenters. The molecule has 0 aliphatic rings. The molecule has 0 bridgehead atoms. The number of furan rings is 1. The summed E-state index contributed by atoms with van der Waals surface area (Å²) in [6.07, 6.45) is 0. The molecular weight excluding hydrogens is 178 g/mol. The van der Waals surface area contributed by atoms with Crippen LogP contribution in [-0.4, -0.2) is 20.4 Å². The Hall–Kier alpha value is -0.800. The minimum absolute atomic E-state index is 0.00674. The third-order valence-electron chi connectivity index (χ3n) is 2.22. The van der Waals surface area contributed by atoms with Crippen LogP contribution in [0.4, 0.5) is 0 Å². The maximum absolute atomic E-state index is 5.60. The molecular formula is C11H19NO2. The number of ether oxygens (including phenoxy) is 1. The maximum Gasteiger partial charge on any atom is 0.111 e. The Morgan fingerprint density at radius 2 is 2.14 bits per heavy atom. The van der Waals surface area contributed by atoms with Crippen molar-refractivity contribution in [1.82, 2.24) is 5.32 Å². The first-order valence-corrected chi connectivity index (χ1v) is 4.83. The molecule has 0 spiro atoms. The van der Waals surface area contributed by atoms with Crippen LogP contribution in [-0.2, 0) is 10.2 Å². The van der Waals surface area contributed by atoms with Gasteiger partial charge in [-0.1, -0.05) is 13.8 Å². The first-order valence-electron chi connectivity index (χ1n) is 4.83. The minimum Gasteiger partial charge on any atom is -0.466 e. The second kappa shape index (κ2) is 4.62. The molecule has 1 aromatic rings. The van der Waals surface area contributed by atoms with Crippen molar-refractivity contribution in [1.29, 1.82) is 0 Å². The van der Waals surface area contributed by atoms with E-state index in [0.29, 0.717) is 6.73 Å². The van der Waals surface area contributed by atoms with Gasteiger partial charge in [-0.05, 0) is 19.1 Å². The van der Waals surface area contributed by atoms with Gasteiger partial charge in [-0.15, -0.1) is 0 Å². The molecule has 1 N–H and O–H groups in total. The van der Waals surface area contributed by atoms with E-state index in [-0.39, 0.29) is 5.41 Å². The van der Waals surface area contributed by atoms with Crippen molar-refractivity contribution < 1.29 is 9.15 Å². The van der Waals surface area contributed by atoms with Crippen LogP contribution in [0.15, 0.2) is 16.5 Å². The Labute approximate surface area is 85.4 Å². The first kappa shape index (κ1) is 11.3. The molecule has 0 saturated carbocycles. The van der Waals surface area contributed by atoms with Gasteiger partial charge >= 0.3 is 0 Å². The fourth-order valence-corrected chi connectivity index (χ4v) is 1.35. The van der Waals surface area contributed by atoms with Gasteiger partial charge in [0, 0.05) is 19.1 Å². The fraction of sp³-hybridized carbons (Fsp3) is 0.636. The molecule has 14 heavy (non-hydrogen) atoms. The zero-order chi connectivity index (χ0) is 10.6. The summed E-state index contributed by atoms with van der Waals surface area (Å²) in [4.78, 5) is 0. The van der Waals surface area contributed by atoms with Crippen molar-refractivity contribution in [2.75, 3.05) is 20.4 Å². The Morgan fingerprint density at radius 3 is 2.64 bits per heavy atom. The van der Waals surface area contributed by atoms with Crippen LogP contribution in [0.25, 0.3) is 0 Å². The molecule has 0 fully saturated rings. The van der Waals surface area contributed by atoms with Gasteiger partial charge in [0.05, 0.1) is 6.73 Å². The van der Waals surface area contributed by atoms with Crippen LogP contribution in [0, 0.1) is 6.92 Å². The van der Waals surface area contributed by atoms with E-state index >= 15 is 0 Å². The van der Waals surface area contributed by atoms with Gasteiger partial charge in [-0.3, -0.25) is 5.32 Å². The first-order chi connectivity index (χ1) is 6.56. The molecule has 0 saturated heterocycles. The summed E-state index contributed by atoms with van der Waals surface area (Å²) in [6.45, 7) is 7.67. The number of nitrogens with one attached hydrogen (secondary N) is 1. The third kappa shape index (κ3) is 2.86. The average molecular weight is 197 g/mol. The lowest BCUT2D eigenvalue weighted by molar-refractivity contribution is 0.166. The predicted octanol–water partition coefficient (Wildman–Crippen LogP) is 2.06. The molecule has 1 rings (SSSR count). The predicted molar refractivity (Wildman–Crippen MR) is 56.3 cm³/mol. The number of methoxy groups -OCH3 is 1. The second-order valence-electron chi connectivity index (χ2n) is 4.15. The van der Waals surface area contributed by atoms with Crippen LogP contribution in [0.2, 0.25) is 0 Å². The summed E-state index contributed by atoms with van der Waals surface area (Å²) >= 11 is 0. The second-order valence-corrected chi connectivity index (χ2v) is 4.15. The topological polar surface area (TPSA) is 34.4 Å². The summed E-state index contributed by atoms with van der Waals surface area (Å²) in [6, 6.07) is 4.03. The molecule has 3 heteroatoms. The van der Waals surface area contributed by atoms with E-state index in [9.17, 15) is 0 Å². The largest absolute Gasteiger partial charge is 0.466 e. The molecule has 3 nitrogen and oxygen atoms in total. The lowest BCUT2D eigenvalue weighted by Gasteiger charge is -2.22. The van der Waals surface area contributed by atoms with Gasteiger partial charge in [0.25, 0.3) is 0 Å². The Kier molecular flexibility index (Phi) is 3.72. The number of hydrogen-bond donors (Lipinski definition) is 1. The molecule has 1 heterocycles. The lowest BCUT2D eigenvalue weighted by Crippen LogP contribution is -2.33. The Balaban J connectivity index is 2.56. The van der Waals surface area contributed by atoms with E-state index in [4.69, 9.17) is 9.15 Å². The van der Waals surface area contributed by atoms with Gasteiger partial charge < -0.3 is 9.15 Å². The van der Waals surface area contributed by atoms with Crippen molar-refractivity contribution in [2.45, 2.75) is 26.2 Å². The normalized spacial score (nSPS) is 12.0. The highest BCUT2D eigenvalue weighted by atomic mass is 16.5. The van der Waals surface area contributed by atoms with E-state index in [1.54, 1.807) is 7.11 Å². The van der Waals surface area contributed by atoms with Crippen LogP contribution < -0.4 is 5.32 Å². The molecule has 0 aromatic carbocycles. The summed E-state index contributed by atoms with van der Waals surface area (Å²) < 4.78 is 10.5. The van der Waals surface area contributed by atoms with Crippen molar-refractivity contribution in [3.05, 3.63) is 23.7 Å². The van der Waals surface area contributed by atoms with Crippen LogP contribution >= 0.6 is 0 Å². The standard InChI is InChI=1S/C11H19NO2/c1-9-5-6-10(14-9)11(2,3)7-12-8-13-4/h5-6,12H,7-8H2,1-4H3. The van der Waals surface area contributed by atoms with E-state index in [2.05, 4.69) is 19.2 Å². The summed E-state index contributed by atoms with van der Waals surface area (Å²) in [5, 5.41) is 3.20. The number of rotatable bonds is 5. The fourth-order valence-electron chi connectivity index (χ4n) is 1.35. The lowest BCUT2D eigenvalue weighted by atomic mass is 9.90. The van der Waals surface area contributed by atoms with E-state index in [1.165, 1.54) is 0 Å². The van der Waals surface area contributed by atoms with E-state index < -0.39 is 0 Å². The maximum atomic E-state index is 5.60. The van der Waals surface area contributed by atoms with Gasteiger partial charge in [0.15, 0.2) is 0 Å². The monoisotopic (exact) mass is 197 g/mol. The smallest absolute Gasteiger partial charge is 0.111 e.